The van der Waals surface area contributed by atoms with Gasteiger partial charge in [0.2, 0.25) is 0 Å². The molecule has 0 spiro atoms. The summed E-state index contributed by atoms with van der Waals surface area (Å²) in [6.45, 7) is 4.55. The summed E-state index contributed by atoms with van der Waals surface area (Å²) < 4.78 is 0. The molecule has 2 unspecified atom stereocenters. The van der Waals surface area contributed by atoms with Crippen LogP contribution in [0.2, 0.25) is 0 Å². The highest BCUT2D eigenvalue weighted by Crippen LogP contribution is 2.32. The molecule has 1 heterocycles. The van der Waals surface area contributed by atoms with Gasteiger partial charge in [-0.25, -0.2) is 0 Å². The predicted molar refractivity (Wildman–Crippen MR) is 64.8 cm³/mol. The first-order valence-electron chi connectivity index (χ1n) is 6.77. The van der Waals surface area contributed by atoms with Crippen LogP contribution in [0.5, 0.6) is 0 Å². The summed E-state index contributed by atoms with van der Waals surface area (Å²) in [7, 11) is 0. The van der Waals surface area contributed by atoms with E-state index in [9.17, 15) is 0 Å². The quantitative estimate of drug-likeness (QED) is 0.772. The molecule has 2 atom stereocenters. The molecular formula is C13H26N2. The Morgan fingerprint density at radius 2 is 2.00 bits per heavy atom. The Labute approximate surface area is 94.2 Å². The number of hydrogen-bond donors (Lipinski definition) is 1. The molecule has 0 aromatic heterocycles. The van der Waals surface area contributed by atoms with Crippen LogP contribution in [0.25, 0.3) is 0 Å². The molecule has 2 heteroatoms. The van der Waals surface area contributed by atoms with Crippen molar-refractivity contribution >= 4 is 0 Å². The first kappa shape index (κ1) is 11.4. The van der Waals surface area contributed by atoms with E-state index in [0.717, 1.165) is 18.5 Å². The third-order valence-corrected chi connectivity index (χ3v) is 4.41. The summed E-state index contributed by atoms with van der Waals surface area (Å²) in [5, 5.41) is 0. The molecule has 0 amide bonds. The maximum absolute atomic E-state index is 5.87. The molecule has 88 valence electrons. The first-order chi connectivity index (χ1) is 7.31. The van der Waals surface area contributed by atoms with Gasteiger partial charge in [-0.2, -0.15) is 0 Å². The highest BCUT2D eigenvalue weighted by Gasteiger charge is 2.28. The molecule has 2 rings (SSSR count). The van der Waals surface area contributed by atoms with Gasteiger partial charge in [-0.1, -0.05) is 25.7 Å². The molecule has 0 bridgehead atoms. The average molecular weight is 210 g/mol. The topological polar surface area (TPSA) is 29.3 Å². The standard InChI is InChI=1S/C13H26N2/c1-11(9-12-5-4-6-12)15-8-3-2-7-13(15)10-14/h11-13H,2-10,14H2,1H3. The van der Waals surface area contributed by atoms with Gasteiger partial charge in [-0.3, -0.25) is 4.90 Å². The van der Waals surface area contributed by atoms with E-state index in [2.05, 4.69) is 11.8 Å². The fraction of sp³-hybridized carbons (Fsp3) is 1.00. The Morgan fingerprint density at radius 3 is 2.60 bits per heavy atom. The van der Waals surface area contributed by atoms with Gasteiger partial charge in [0.15, 0.2) is 0 Å². The highest BCUT2D eigenvalue weighted by atomic mass is 15.2. The van der Waals surface area contributed by atoms with Crippen molar-refractivity contribution in [1.29, 1.82) is 0 Å². The van der Waals surface area contributed by atoms with E-state index in [-0.39, 0.29) is 0 Å². The Hall–Kier alpha value is -0.0800. The molecule has 15 heavy (non-hydrogen) atoms. The molecule has 1 saturated carbocycles. The Morgan fingerprint density at radius 1 is 1.20 bits per heavy atom. The van der Waals surface area contributed by atoms with E-state index in [1.807, 2.05) is 0 Å². The second kappa shape index (κ2) is 5.31. The van der Waals surface area contributed by atoms with E-state index < -0.39 is 0 Å². The summed E-state index contributed by atoms with van der Waals surface area (Å²) >= 11 is 0. The fourth-order valence-electron chi connectivity index (χ4n) is 3.20. The van der Waals surface area contributed by atoms with E-state index >= 15 is 0 Å². The number of piperidine rings is 1. The summed E-state index contributed by atoms with van der Waals surface area (Å²) in [5.74, 6) is 1.03. The van der Waals surface area contributed by atoms with E-state index in [1.165, 1.54) is 51.5 Å². The van der Waals surface area contributed by atoms with Crippen LogP contribution in [0.4, 0.5) is 0 Å². The van der Waals surface area contributed by atoms with Gasteiger partial charge >= 0.3 is 0 Å². The first-order valence-corrected chi connectivity index (χ1v) is 6.77. The predicted octanol–water partition coefficient (Wildman–Crippen LogP) is 2.38. The molecule has 1 saturated heterocycles. The number of hydrogen-bond acceptors (Lipinski definition) is 2. The molecule has 2 nitrogen and oxygen atoms in total. The summed E-state index contributed by atoms with van der Waals surface area (Å²) in [6, 6.07) is 1.44. The number of nitrogens with zero attached hydrogens (tertiary/aromatic N) is 1. The van der Waals surface area contributed by atoms with E-state index in [0.29, 0.717) is 6.04 Å². The van der Waals surface area contributed by atoms with Crippen molar-refractivity contribution in [2.24, 2.45) is 11.7 Å². The van der Waals surface area contributed by atoms with Crippen LogP contribution in [0.15, 0.2) is 0 Å². The van der Waals surface area contributed by atoms with Crippen LogP contribution in [-0.4, -0.2) is 30.1 Å². The molecule has 1 aliphatic heterocycles. The summed E-state index contributed by atoms with van der Waals surface area (Å²) in [5.41, 5.74) is 5.87. The molecule has 0 radical (unpaired) electrons. The SMILES string of the molecule is CC(CC1CCC1)N1CCCCC1CN. The van der Waals surface area contributed by atoms with Gasteiger partial charge < -0.3 is 5.73 Å². The minimum atomic E-state index is 0.675. The number of rotatable bonds is 4. The molecule has 0 aromatic rings. The van der Waals surface area contributed by atoms with Crippen molar-refractivity contribution in [2.75, 3.05) is 13.1 Å². The minimum Gasteiger partial charge on any atom is -0.329 e. The maximum Gasteiger partial charge on any atom is 0.0221 e. The molecule has 0 aromatic carbocycles. The minimum absolute atomic E-state index is 0.675. The highest BCUT2D eigenvalue weighted by molar-refractivity contribution is 4.84. The lowest BCUT2D eigenvalue weighted by Gasteiger charge is -2.41. The molecule has 2 N–H and O–H groups in total. The van der Waals surface area contributed by atoms with Crippen molar-refractivity contribution in [2.45, 2.75) is 64.0 Å². The van der Waals surface area contributed by atoms with Crippen LogP contribution in [0.3, 0.4) is 0 Å². The zero-order chi connectivity index (χ0) is 10.7. The van der Waals surface area contributed by atoms with Gasteiger partial charge in [0.25, 0.3) is 0 Å². The van der Waals surface area contributed by atoms with E-state index in [4.69, 9.17) is 5.73 Å². The Balaban J connectivity index is 1.82. The van der Waals surface area contributed by atoms with Crippen LogP contribution < -0.4 is 5.73 Å². The third kappa shape index (κ3) is 2.73. The lowest BCUT2D eigenvalue weighted by molar-refractivity contribution is 0.0825. The van der Waals surface area contributed by atoms with Crippen molar-refractivity contribution in [1.82, 2.24) is 4.90 Å². The van der Waals surface area contributed by atoms with Gasteiger partial charge in [0.05, 0.1) is 0 Å². The van der Waals surface area contributed by atoms with Crippen molar-refractivity contribution in [3.8, 4) is 0 Å². The van der Waals surface area contributed by atoms with Gasteiger partial charge in [0.1, 0.15) is 0 Å². The van der Waals surface area contributed by atoms with Crippen LogP contribution in [-0.2, 0) is 0 Å². The Bertz CT molecular complexity index is 189. The van der Waals surface area contributed by atoms with Crippen molar-refractivity contribution in [3.63, 3.8) is 0 Å². The monoisotopic (exact) mass is 210 g/mol. The Kier molecular flexibility index (Phi) is 4.04. The third-order valence-electron chi connectivity index (χ3n) is 4.41. The zero-order valence-electron chi connectivity index (χ0n) is 10.1. The normalized spacial score (nSPS) is 31.2. The van der Waals surface area contributed by atoms with Crippen molar-refractivity contribution in [3.05, 3.63) is 0 Å². The molecule has 2 aliphatic rings. The van der Waals surface area contributed by atoms with Crippen LogP contribution in [0, 0.1) is 5.92 Å². The number of nitrogens with two attached hydrogens (primary N) is 1. The largest absolute Gasteiger partial charge is 0.329 e. The fourth-order valence-corrected chi connectivity index (χ4v) is 3.20. The molecule has 1 aliphatic carbocycles. The smallest absolute Gasteiger partial charge is 0.0221 e. The van der Waals surface area contributed by atoms with Crippen LogP contribution >= 0.6 is 0 Å². The second-order valence-corrected chi connectivity index (χ2v) is 5.50. The van der Waals surface area contributed by atoms with Gasteiger partial charge in [0, 0.05) is 18.6 Å². The summed E-state index contributed by atoms with van der Waals surface area (Å²) in [4.78, 5) is 2.68. The van der Waals surface area contributed by atoms with Crippen LogP contribution in [0.1, 0.15) is 51.9 Å². The average Bonchev–Trinajstić information content (AvgIpc) is 2.23. The van der Waals surface area contributed by atoms with Gasteiger partial charge in [-0.05, 0) is 38.6 Å². The molecule has 2 fully saturated rings. The second-order valence-electron chi connectivity index (χ2n) is 5.50. The number of likely N-dealkylation sites (tertiary alicyclic amines) is 1. The molecular weight excluding hydrogens is 184 g/mol. The lowest BCUT2D eigenvalue weighted by atomic mass is 9.80. The van der Waals surface area contributed by atoms with Gasteiger partial charge in [-0.15, -0.1) is 0 Å². The zero-order valence-corrected chi connectivity index (χ0v) is 10.1. The van der Waals surface area contributed by atoms with Crippen molar-refractivity contribution < 1.29 is 0 Å². The summed E-state index contributed by atoms with van der Waals surface area (Å²) in [6.07, 6.45) is 9.93. The maximum atomic E-state index is 5.87. The lowest BCUT2D eigenvalue weighted by Crippen LogP contribution is -2.49. The van der Waals surface area contributed by atoms with E-state index in [1.54, 1.807) is 0 Å².